The van der Waals surface area contributed by atoms with Gasteiger partial charge < -0.3 is 10.4 Å². The quantitative estimate of drug-likeness (QED) is 0.708. The monoisotopic (exact) mass is 213 g/mol. The number of aliphatic carboxylic acids is 1. The van der Waals surface area contributed by atoms with E-state index in [1.54, 1.807) is 0 Å². The maximum absolute atomic E-state index is 11.4. The van der Waals surface area contributed by atoms with Crippen LogP contribution in [0.4, 0.5) is 0 Å². The highest BCUT2D eigenvalue weighted by molar-refractivity contribution is 5.78. The minimum atomic E-state index is -0.679. The van der Waals surface area contributed by atoms with E-state index in [9.17, 15) is 9.90 Å². The lowest BCUT2D eigenvalue weighted by Gasteiger charge is -2.29. The number of carbonyl (C=O) groups is 1. The molecule has 1 atom stereocenters. The molecule has 1 aliphatic rings. The molecule has 3 nitrogen and oxygen atoms in total. The molecule has 0 radical (unpaired) electrons. The highest BCUT2D eigenvalue weighted by atomic mass is 16.4. The molecule has 1 rings (SSSR count). The zero-order valence-electron chi connectivity index (χ0n) is 10.1. The summed E-state index contributed by atoms with van der Waals surface area (Å²) in [5, 5.41) is 12.5. The zero-order chi connectivity index (χ0) is 11.5. The van der Waals surface area contributed by atoms with Gasteiger partial charge in [0.2, 0.25) is 0 Å². The number of rotatable bonds is 3. The van der Waals surface area contributed by atoms with E-state index >= 15 is 0 Å². The van der Waals surface area contributed by atoms with Gasteiger partial charge in [-0.3, -0.25) is 4.79 Å². The van der Waals surface area contributed by atoms with Crippen molar-refractivity contribution in [3.63, 3.8) is 0 Å². The van der Waals surface area contributed by atoms with Crippen molar-refractivity contribution in [3.05, 3.63) is 0 Å². The average Bonchev–Trinajstić information content (AvgIpc) is 2.27. The first-order valence-electron chi connectivity index (χ1n) is 5.90. The van der Waals surface area contributed by atoms with Crippen LogP contribution < -0.4 is 5.32 Å². The molecule has 1 unspecified atom stereocenters. The van der Waals surface area contributed by atoms with E-state index in [1.165, 1.54) is 0 Å². The first-order chi connectivity index (χ1) is 6.92. The number of carboxylic acid groups (broad SMARTS) is 1. The first-order valence-corrected chi connectivity index (χ1v) is 5.90. The van der Waals surface area contributed by atoms with Crippen molar-refractivity contribution >= 4 is 5.97 Å². The topological polar surface area (TPSA) is 49.3 Å². The van der Waals surface area contributed by atoms with E-state index in [0.717, 1.165) is 38.6 Å². The highest BCUT2D eigenvalue weighted by Crippen LogP contribution is 2.38. The molecule has 0 heterocycles. The Morgan fingerprint density at radius 2 is 1.93 bits per heavy atom. The highest BCUT2D eigenvalue weighted by Gasteiger charge is 2.40. The predicted octanol–water partition coefficient (Wildman–Crippen LogP) is 2.41. The molecule has 0 bridgehead atoms. The SMILES string of the molecule is CCNC1(C(=O)O)CCCC(C)(C)CC1. The third-order valence-electron chi connectivity index (χ3n) is 3.61. The van der Waals surface area contributed by atoms with Crippen molar-refractivity contribution < 1.29 is 9.90 Å². The largest absolute Gasteiger partial charge is 0.480 e. The maximum Gasteiger partial charge on any atom is 0.323 e. The van der Waals surface area contributed by atoms with Gasteiger partial charge >= 0.3 is 5.97 Å². The van der Waals surface area contributed by atoms with Crippen molar-refractivity contribution in [1.29, 1.82) is 0 Å². The van der Waals surface area contributed by atoms with Gasteiger partial charge in [0.25, 0.3) is 0 Å². The van der Waals surface area contributed by atoms with Gasteiger partial charge in [-0.05, 0) is 37.6 Å². The second-order valence-electron chi connectivity index (χ2n) is 5.44. The molecule has 0 spiro atoms. The summed E-state index contributed by atoms with van der Waals surface area (Å²) in [4.78, 5) is 11.4. The van der Waals surface area contributed by atoms with Crippen molar-refractivity contribution in [2.45, 2.75) is 58.4 Å². The van der Waals surface area contributed by atoms with E-state index in [0.29, 0.717) is 5.41 Å². The molecule has 15 heavy (non-hydrogen) atoms. The molecule has 2 N–H and O–H groups in total. The van der Waals surface area contributed by atoms with Crippen LogP contribution in [0.5, 0.6) is 0 Å². The van der Waals surface area contributed by atoms with Crippen molar-refractivity contribution in [1.82, 2.24) is 5.32 Å². The normalized spacial score (nSPS) is 30.9. The molecule has 0 aromatic rings. The van der Waals surface area contributed by atoms with Crippen LogP contribution in [0.15, 0.2) is 0 Å². The summed E-state index contributed by atoms with van der Waals surface area (Å²) in [5.41, 5.74) is -0.366. The van der Waals surface area contributed by atoms with Crippen LogP contribution in [-0.4, -0.2) is 23.2 Å². The first kappa shape index (κ1) is 12.5. The summed E-state index contributed by atoms with van der Waals surface area (Å²) in [6.07, 6.45) is 4.65. The lowest BCUT2D eigenvalue weighted by molar-refractivity contribution is -0.145. The summed E-state index contributed by atoms with van der Waals surface area (Å²) in [7, 11) is 0. The molecule has 0 amide bonds. The Kier molecular flexibility index (Phi) is 3.77. The Bertz CT molecular complexity index is 238. The van der Waals surface area contributed by atoms with Crippen LogP contribution in [0.1, 0.15) is 52.9 Å². The predicted molar refractivity (Wildman–Crippen MR) is 60.9 cm³/mol. The number of nitrogens with one attached hydrogen (secondary N) is 1. The number of hydrogen-bond donors (Lipinski definition) is 2. The molecule has 0 aromatic heterocycles. The van der Waals surface area contributed by atoms with Gasteiger partial charge in [-0.15, -0.1) is 0 Å². The molecule has 1 fully saturated rings. The van der Waals surface area contributed by atoms with Crippen molar-refractivity contribution in [3.8, 4) is 0 Å². The summed E-state index contributed by atoms with van der Waals surface area (Å²) in [6, 6.07) is 0. The molecule has 0 aromatic carbocycles. The van der Waals surface area contributed by atoms with Crippen LogP contribution in [0.3, 0.4) is 0 Å². The standard InChI is InChI=1S/C12H23NO2/c1-4-13-12(10(14)15)7-5-6-11(2,3)8-9-12/h13H,4-9H2,1-3H3,(H,14,15). The van der Waals surface area contributed by atoms with Crippen LogP contribution in [-0.2, 0) is 4.79 Å². The Balaban J connectivity index is 2.77. The van der Waals surface area contributed by atoms with E-state index in [1.807, 2.05) is 6.92 Å². The maximum atomic E-state index is 11.4. The fourth-order valence-corrected chi connectivity index (χ4v) is 2.48. The van der Waals surface area contributed by atoms with Crippen molar-refractivity contribution in [2.75, 3.05) is 6.54 Å². The molecule has 88 valence electrons. The third-order valence-corrected chi connectivity index (χ3v) is 3.61. The van der Waals surface area contributed by atoms with Gasteiger partial charge in [0.05, 0.1) is 0 Å². The summed E-state index contributed by atoms with van der Waals surface area (Å²) < 4.78 is 0. The Morgan fingerprint density at radius 1 is 1.27 bits per heavy atom. The molecule has 3 heteroatoms. The van der Waals surface area contributed by atoms with E-state index in [4.69, 9.17) is 0 Å². The minimum absolute atomic E-state index is 0.298. The molecule has 1 aliphatic carbocycles. The number of carboxylic acids is 1. The second-order valence-corrected chi connectivity index (χ2v) is 5.44. The summed E-state index contributed by atoms with van der Waals surface area (Å²) in [5.74, 6) is -0.679. The fraction of sp³-hybridized carbons (Fsp3) is 0.917. The van der Waals surface area contributed by atoms with E-state index in [2.05, 4.69) is 19.2 Å². The van der Waals surface area contributed by atoms with E-state index in [-0.39, 0.29) is 0 Å². The molecular formula is C12H23NO2. The van der Waals surface area contributed by atoms with Gasteiger partial charge in [0, 0.05) is 0 Å². The average molecular weight is 213 g/mol. The summed E-state index contributed by atoms with van der Waals surface area (Å²) >= 11 is 0. The van der Waals surface area contributed by atoms with Gasteiger partial charge in [0.1, 0.15) is 5.54 Å². The van der Waals surface area contributed by atoms with Crippen LogP contribution in [0.2, 0.25) is 0 Å². The molecular weight excluding hydrogens is 190 g/mol. The van der Waals surface area contributed by atoms with Gasteiger partial charge in [-0.25, -0.2) is 0 Å². The second kappa shape index (κ2) is 4.52. The van der Waals surface area contributed by atoms with Crippen LogP contribution in [0.25, 0.3) is 0 Å². The summed E-state index contributed by atoms with van der Waals surface area (Å²) in [6.45, 7) is 7.17. The smallest absolute Gasteiger partial charge is 0.323 e. The third kappa shape index (κ3) is 2.94. The minimum Gasteiger partial charge on any atom is -0.480 e. The lowest BCUT2D eigenvalue weighted by Crippen LogP contribution is -2.51. The molecule has 1 saturated carbocycles. The zero-order valence-corrected chi connectivity index (χ0v) is 10.1. The Labute approximate surface area is 92.3 Å². The Hall–Kier alpha value is -0.570. The molecule has 0 saturated heterocycles. The number of likely N-dealkylation sites (N-methyl/N-ethyl adjacent to an activating group) is 1. The van der Waals surface area contributed by atoms with Crippen LogP contribution in [0, 0.1) is 5.41 Å². The number of hydrogen-bond acceptors (Lipinski definition) is 2. The molecule has 0 aliphatic heterocycles. The van der Waals surface area contributed by atoms with Crippen LogP contribution >= 0.6 is 0 Å². The van der Waals surface area contributed by atoms with Crippen molar-refractivity contribution in [2.24, 2.45) is 5.41 Å². The van der Waals surface area contributed by atoms with Gasteiger partial charge in [0.15, 0.2) is 0 Å². The van der Waals surface area contributed by atoms with Gasteiger partial charge in [-0.1, -0.05) is 27.2 Å². The van der Waals surface area contributed by atoms with Gasteiger partial charge in [-0.2, -0.15) is 0 Å². The van der Waals surface area contributed by atoms with E-state index < -0.39 is 11.5 Å². The lowest BCUT2D eigenvalue weighted by atomic mass is 9.83. The Morgan fingerprint density at radius 3 is 2.47 bits per heavy atom. The fourth-order valence-electron chi connectivity index (χ4n) is 2.48.